The molecule has 92 valence electrons. The third kappa shape index (κ3) is 3.72. The highest BCUT2D eigenvalue weighted by Gasteiger charge is 2.17. The first-order chi connectivity index (χ1) is 7.40. The van der Waals surface area contributed by atoms with Crippen LogP contribution in [0, 0.1) is 0 Å². The van der Waals surface area contributed by atoms with Gasteiger partial charge in [0.15, 0.2) is 0 Å². The number of hydrogen-bond donors (Lipinski definition) is 1. The van der Waals surface area contributed by atoms with Gasteiger partial charge < -0.3 is 5.32 Å². The quantitative estimate of drug-likeness (QED) is 0.893. The predicted octanol–water partition coefficient (Wildman–Crippen LogP) is 3.72. The first kappa shape index (κ1) is 13.9. The van der Waals surface area contributed by atoms with Gasteiger partial charge in [0.2, 0.25) is 0 Å². The second-order valence-electron chi connectivity index (χ2n) is 4.28. The summed E-state index contributed by atoms with van der Waals surface area (Å²) >= 11 is 1.81. The maximum Gasteiger partial charge on any atom is 0.107 e. The maximum atomic E-state index is 4.73. The summed E-state index contributed by atoms with van der Waals surface area (Å²) in [6.07, 6.45) is 6.91. The fourth-order valence-electron chi connectivity index (χ4n) is 2.22. The van der Waals surface area contributed by atoms with E-state index in [-0.39, 0.29) is 12.4 Å². The minimum absolute atomic E-state index is 0. The van der Waals surface area contributed by atoms with E-state index in [4.69, 9.17) is 4.98 Å². The van der Waals surface area contributed by atoms with Crippen molar-refractivity contribution < 1.29 is 0 Å². The number of nitrogens with zero attached hydrogens (tertiary/aromatic N) is 1. The van der Waals surface area contributed by atoms with Gasteiger partial charge in [0.05, 0.1) is 5.69 Å². The smallest absolute Gasteiger partial charge is 0.107 e. The lowest BCUT2D eigenvalue weighted by Crippen LogP contribution is -2.12. The molecule has 0 bridgehead atoms. The highest BCUT2D eigenvalue weighted by atomic mass is 35.5. The molecule has 0 aromatic carbocycles. The van der Waals surface area contributed by atoms with E-state index in [0.717, 1.165) is 19.0 Å². The molecule has 1 aromatic heterocycles. The summed E-state index contributed by atoms with van der Waals surface area (Å²) in [7, 11) is 0. The van der Waals surface area contributed by atoms with Gasteiger partial charge in [-0.05, 0) is 19.4 Å². The van der Waals surface area contributed by atoms with E-state index in [2.05, 4.69) is 17.6 Å². The van der Waals surface area contributed by atoms with Gasteiger partial charge in [-0.3, -0.25) is 0 Å². The summed E-state index contributed by atoms with van der Waals surface area (Å²) in [6.45, 7) is 4.10. The molecule has 0 spiro atoms. The van der Waals surface area contributed by atoms with E-state index in [0.29, 0.717) is 0 Å². The van der Waals surface area contributed by atoms with Crippen LogP contribution in [0.15, 0.2) is 5.38 Å². The van der Waals surface area contributed by atoms with Gasteiger partial charge in [0.1, 0.15) is 5.01 Å². The van der Waals surface area contributed by atoms with Crippen molar-refractivity contribution in [3.05, 3.63) is 16.1 Å². The number of aromatic nitrogens is 1. The molecular weight excluding hydrogens is 240 g/mol. The van der Waals surface area contributed by atoms with Gasteiger partial charge in [0, 0.05) is 17.8 Å². The lowest BCUT2D eigenvalue weighted by atomic mass is 9.87. The average molecular weight is 261 g/mol. The van der Waals surface area contributed by atoms with Gasteiger partial charge in [-0.1, -0.05) is 26.2 Å². The maximum absolute atomic E-state index is 4.73. The topological polar surface area (TPSA) is 24.9 Å². The molecule has 0 aliphatic heterocycles. The van der Waals surface area contributed by atoms with Crippen LogP contribution in [0.4, 0.5) is 0 Å². The highest BCUT2D eigenvalue weighted by Crippen LogP contribution is 2.32. The summed E-state index contributed by atoms with van der Waals surface area (Å²) < 4.78 is 0. The van der Waals surface area contributed by atoms with Crippen LogP contribution in [-0.2, 0) is 6.54 Å². The molecule has 1 heterocycles. The van der Waals surface area contributed by atoms with Crippen LogP contribution in [0.25, 0.3) is 0 Å². The van der Waals surface area contributed by atoms with Gasteiger partial charge in [-0.15, -0.1) is 23.7 Å². The van der Waals surface area contributed by atoms with Gasteiger partial charge in [0.25, 0.3) is 0 Å². The molecule has 0 amide bonds. The van der Waals surface area contributed by atoms with Crippen LogP contribution < -0.4 is 5.32 Å². The van der Waals surface area contributed by atoms with Crippen molar-refractivity contribution in [2.24, 2.45) is 0 Å². The first-order valence-electron chi connectivity index (χ1n) is 6.05. The lowest BCUT2D eigenvalue weighted by Gasteiger charge is -2.19. The van der Waals surface area contributed by atoms with Crippen LogP contribution in [0.1, 0.15) is 55.6 Å². The van der Waals surface area contributed by atoms with E-state index in [1.54, 1.807) is 0 Å². The molecule has 0 atom stereocenters. The zero-order chi connectivity index (χ0) is 10.5. The monoisotopic (exact) mass is 260 g/mol. The zero-order valence-corrected chi connectivity index (χ0v) is 11.5. The Labute approximate surface area is 108 Å². The van der Waals surface area contributed by atoms with Crippen molar-refractivity contribution in [3.8, 4) is 0 Å². The largest absolute Gasteiger partial charge is 0.311 e. The van der Waals surface area contributed by atoms with E-state index in [1.807, 2.05) is 11.3 Å². The standard InChI is InChI=1S/C12H20N2S.ClH/c1-2-13-8-12-14-11(9-15-12)10-6-4-3-5-7-10;/h9-10,13H,2-8H2,1H3;1H. The predicted molar refractivity (Wildman–Crippen MR) is 72.6 cm³/mol. The van der Waals surface area contributed by atoms with Gasteiger partial charge in [-0.25, -0.2) is 4.98 Å². The Bertz CT molecular complexity index is 295. The first-order valence-corrected chi connectivity index (χ1v) is 6.93. The molecule has 16 heavy (non-hydrogen) atoms. The Hall–Kier alpha value is -0.120. The summed E-state index contributed by atoms with van der Waals surface area (Å²) in [5, 5.41) is 6.84. The summed E-state index contributed by atoms with van der Waals surface area (Å²) in [4.78, 5) is 4.73. The van der Waals surface area contributed by atoms with Crippen molar-refractivity contribution >= 4 is 23.7 Å². The highest BCUT2D eigenvalue weighted by molar-refractivity contribution is 7.09. The van der Waals surface area contributed by atoms with E-state index < -0.39 is 0 Å². The zero-order valence-electron chi connectivity index (χ0n) is 9.87. The van der Waals surface area contributed by atoms with E-state index >= 15 is 0 Å². The Morgan fingerprint density at radius 2 is 2.12 bits per heavy atom. The molecule has 0 saturated heterocycles. The van der Waals surface area contributed by atoms with Crippen molar-refractivity contribution in [1.29, 1.82) is 0 Å². The average Bonchev–Trinajstić information content (AvgIpc) is 2.76. The molecule has 1 saturated carbocycles. The van der Waals surface area contributed by atoms with Crippen LogP contribution in [0.3, 0.4) is 0 Å². The summed E-state index contributed by atoms with van der Waals surface area (Å²) in [5.41, 5.74) is 1.35. The van der Waals surface area contributed by atoms with Gasteiger partial charge in [-0.2, -0.15) is 0 Å². The second kappa shape index (κ2) is 7.25. The molecule has 1 fully saturated rings. The van der Waals surface area contributed by atoms with Crippen LogP contribution in [0.2, 0.25) is 0 Å². The normalized spacial score (nSPS) is 17.1. The SMILES string of the molecule is CCNCc1nc(C2CCCCC2)cs1.Cl. The number of rotatable bonds is 4. The van der Waals surface area contributed by atoms with Gasteiger partial charge >= 0.3 is 0 Å². The fraction of sp³-hybridized carbons (Fsp3) is 0.750. The molecule has 0 radical (unpaired) electrons. The van der Waals surface area contributed by atoms with Crippen molar-refractivity contribution in [2.45, 2.75) is 51.5 Å². The Morgan fingerprint density at radius 3 is 2.81 bits per heavy atom. The van der Waals surface area contributed by atoms with Crippen molar-refractivity contribution in [2.75, 3.05) is 6.54 Å². The van der Waals surface area contributed by atoms with E-state index in [9.17, 15) is 0 Å². The van der Waals surface area contributed by atoms with E-state index in [1.165, 1.54) is 42.8 Å². The van der Waals surface area contributed by atoms with Crippen molar-refractivity contribution in [1.82, 2.24) is 10.3 Å². The third-order valence-electron chi connectivity index (χ3n) is 3.12. The molecule has 0 unspecified atom stereocenters. The van der Waals surface area contributed by atoms with Crippen LogP contribution in [-0.4, -0.2) is 11.5 Å². The lowest BCUT2D eigenvalue weighted by molar-refractivity contribution is 0.437. The number of hydrogen-bond acceptors (Lipinski definition) is 3. The molecule has 4 heteroatoms. The number of thiazole rings is 1. The summed E-state index contributed by atoms with van der Waals surface area (Å²) in [5.74, 6) is 0.755. The summed E-state index contributed by atoms with van der Waals surface area (Å²) in [6, 6.07) is 0. The van der Waals surface area contributed by atoms with Crippen LogP contribution in [0.5, 0.6) is 0 Å². The second-order valence-corrected chi connectivity index (χ2v) is 5.22. The molecule has 2 nitrogen and oxygen atoms in total. The minimum atomic E-state index is 0. The minimum Gasteiger partial charge on any atom is -0.311 e. The fourth-order valence-corrected chi connectivity index (χ4v) is 3.07. The molecular formula is C12H21ClN2S. The molecule has 1 aliphatic carbocycles. The van der Waals surface area contributed by atoms with Crippen LogP contribution >= 0.6 is 23.7 Å². The molecule has 1 N–H and O–H groups in total. The molecule has 1 aromatic rings. The molecule has 2 rings (SSSR count). The number of nitrogens with one attached hydrogen (secondary N) is 1. The van der Waals surface area contributed by atoms with Crippen molar-refractivity contribution in [3.63, 3.8) is 0 Å². The Morgan fingerprint density at radius 1 is 1.38 bits per heavy atom. The Kier molecular flexibility index (Phi) is 6.32. The molecule has 1 aliphatic rings. The third-order valence-corrected chi connectivity index (χ3v) is 3.99. The Balaban J connectivity index is 0.00000128. The number of halogens is 1.